The fourth-order valence-electron chi connectivity index (χ4n) is 3.05. The standard InChI is InChI=1S/C19H31N3O2/c1-4-20-19(22-11-10-16(13-22)14-23-3)21-12-17-8-6-7-9-18(17)15-24-5-2/h6-9,16H,4-5,10-15H2,1-3H3,(H,20,21). The van der Waals surface area contributed by atoms with Crippen molar-refractivity contribution >= 4 is 5.96 Å². The second-order valence-electron chi connectivity index (χ2n) is 6.13. The van der Waals surface area contributed by atoms with E-state index in [4.69, 9.17) is 14.5 Å². The zero-order chi connectivity index (χ0) is 17.2. The summed E-state index contributed by atoms with van der Waals surface area (Å²) in [6, 6.07) is 8.39. The number of nitrogens with zero attached hydrogens (tertiary/aromatic N) is 2. The highest BCUT2D eigenvalue weighted by Gasteiger charge is 2.24. The van der Waals surface area contributed by atoms with E-state index >= 15 is 0 Å². The van der Waals surface area contributed by atoms with Gasteiger partial charge in [-0.15, -0.1) is 0 Å². The van der Waals surface area contributed by atoms with E-state index in [-0.39, 0.29) is 0 Å². The number of nitrogens with one attached hydrogen (secondary N) is 1. The van der Waals surface area contributed by atoms with Crippen molar-refractivity contribution in [2.75, 3.05) is 40.0 Å². The van der Waals surface area contributed by atoms with Gasteiger partial charge in [0.15, 0.2) is 5.96 Å². The lowest BCUT2D eigenvalue weighted by molar-refractivity contribution is 0.133. The third-order valence-corrected chi connectivity index (χ3v) is 4.30. The molecule has 0 saturated carbocycles. The average Bonchev–Trinajstić information content (AvgIpc) is 3.06. The molecule has 0 aromatic heterocycles. The minimum atomic E-state index is 0.601. The van der Waals surface area contributed by atoms with Gasteiger partial charge in [0.1, 0.15) is 0 Å². The first kappa shape index (κ1) is 18.7. The quantitative estimate of drug-likeness (QED) is 0.587. The van der Waals surface area contributed by atoms with E-state index in [0.717, 1.165) is 38.8 Å². The third-order valence-electron chi connectivity index (χ3n) is 4.30. The van der Waals surface area contributed by atoms with Crippen LogP contribution in [0.4, 0.5) is 0 Å². The Hall–Kier alpha value is -1.59. The number of rotatable bonds is 8. The van der Waals surface area contributed by atoms with Gasteiger partial charge in [-0.2, -0.15) is 0 Å². The number of benzene rings is 1. The fourth-order valence-corrected chi connectivity index (χ4v) is 3.05. The van der Waals surface area contributed by atoms with Crippen molar-refractivity contribution in [2.24, 2.45) is 10.9 Å². The van der Waals surface area contributed by atoms with E-state index in [2.05, 4.69) is 41.4 Å². The van der Waals surface area contributed by atoms with Crippen molar-refractivity contribution in [2.45, 2.75) is 33.4 Å². The molecule has 1 aromatic carbocycles. The molecular weight excluding hydrogens is 302 g/mol. The van der Waals surface area contributed by atoms with Crippen LogP contribution in [0.5, 0.6) is 0 Å². The summed E-state index contributed by atoms with van der Waals surface area (Å²) >= 11 is 0. The molecule has 1 unspecified atom stereocenters. The maximum absolute atomic E-state index is 5.57. The normalized spacial score (nSPS) is 18.2. The van der Waals surface area contributed by atoms with Crippen LogP contribution in [0.2, 0.25) is 0 Å². The number of hydrogen-bond acceptors (Lipinski definition) is 3. The Kier molecular flexibility index (Phi) is 8.05. The number of guanidine groups is 1. The SMILES string of the molecule is CCNC(=NCc1ccccc1COCC)N1CCC(COC)C1. The lowest BCUT2D eigenvalue weighted by atomic mass is 10.1. The Balaban J connectivity index is 2.03. The molecule has 1 heterocycles. The molecule has 0 spiro atoms. The first-order valence-corrected chi connectivity index (χ1v) is 8.95. The van der Waals surface area contributed by atoms with Gasteiger partial charge in [-0.05, 0) is 31.4 Å². The van der Waals surface area contributed by atoms with Crippen molar-refractivity contribution in [1.29, 1.82) is 0 Å². The van der Waals surface area contributed by atoms with Gasteiger partial charge in [0.25, 0.3) is 0 Å². The van der Waals surface area contributed by atoms with Crippen LogP contribution in [-0.2, 0) is 22.6 Å². The summed E-state index contributed by atoms with van der Waals surface area (Å²) in [6.07, 6.45) is 1.17. The van der Waals surface area contributed by atoms with Crippen molar-refractivity contribution in [3.05, 3.63) is 35.4 Å². The molecule has 1 aliphatic heterocycles. The summed E-state index contributed by atoms with van der Waals surface area (Å²) in [7, 11) is 1.78. The molecule has 0 aliphatic carbocycles. The maximum Gasteiger partial charge on any atom is 0.194 e. The summed E-state index contributed by atoms with van der Waals surface area (Å²) < 4.78 is 10.9. The van der Waals surface area contributed by atoms with E-state index < -0.39 is 0 Å². The maximum atomic E-state index is 5.57. The highest BCUT2D eigenvalue weighted by Crippen LogP contribution is 2.17. The topological polar surface area (TPSA) is 46.1 Å². The monoisotopic (exact) mass is 333 g/mol. The van der Waals surface area contributed by atoms with Crippen LogP contribution in [0.1, 0.15) is 31.4 Å². The highest BCUT2D eigenvalue weighted by molar-refractivity contribution is 5.80. The van der Waals surface area contributed by atoms with Crippen molar-refractivity contribution in [3.63, 3.8) is 0 Å². The van der Waals surface area contributed by atoms with E-state index in [1.807, 2.05) is 6.92 Å². The van der Waals surface area contributed by atoms with Gasteiger partial charge in [0.05, 0.1) is 19.8 Å². The van der Waals surface area contributed by atoms with Gasteiger partial charge >= 0.3 is 0 Å². The minimum Gasteiger partial charge on any atom is -0.384 e. The van der Waals surface area contributed by atoms with Crippen LogP contribution in [0.25, 0.3) is 0 Å². The Morgan fingerprint density at radius 2 is 2.08 bits per heavy atom. The fraction of sp³-hybridized carbons (Fsp3) is 0.632. The number of methoxy groups -OCH3 is 1. The Bertz CT molecular complexity index is 519. The summed E-state index contributed by atoms with van der Waals surface area (Å²) in [4.78, 5) is 7.21. The molecule has 1 N–H and O–H groups in total. The number of ether oxygens (including phenoxy) is 2. The summed E-state index contributed by atoms with van der Waals surface area (Å²) in [5.41, 5.74) is 2.45. The molecule has 24 heavy (non-hydrogen) atoms. The van der Waals surface area contributed by atoms with Gasteiger partial charge in [-0.3, -0.25) is 0 Å². The van der Waals surface area contributed by atoms with E-state index in [0.29, 0.717) is 19.1 Å². The largest absolute Gasteiger partial charge is 0.384 e. The number of hydrogen-bond donors (Lipinski definition) is 1. The predicted octanol–water partition coefficient (Wildman–Crippen LogP) is 2.66. The molecule has 0 amide bonds. The van der Waals surface area contributed by atoms with Crippen molar-refractivity contribution in [1.82, 2.24) is 10.2 Å². The average molecular weight is 333 g/mol. The molecule has 1 fully saturated rings. The molecule has 0 radical (unpaired) electrons. The summed E-state index contributed by atoms with van der Waals surface area (Å²) in [6.45, 7) is 9.96. The lowest BCUT2D eigenvalue weighted by Crippen LogP contribution is -2.40. The van der Waals surface area contributed by atoms with E-state index in [9.17, 15) is 0 Å². The number of aliphatic imine (C=N–C) groups is 1. The molecule has 134 valence electrons. The van der Waals surface area contributed by atoms with Crippen LogP contribution < -0.4 is 5.32 Å². The van der Waals surface area contributed by atoms with E-state index in [1.165, 1.54) is 17.5 Å². The zero-order valence-electron chi connectivity index (χ0n) is 15.3. The van der Waals surface area contributed by atoms with Crippen molar-refractivity contribution in [3.8, 4) is 0 Å². The van der Waals surface area contributed by atoms with E-state index in [1.54, 1.807) is 7.11 Å². The Morgan fingerprint density at radius 1 is 1.29 bits per heavy atom. The lowest BCUT2D eigenvalue weighted by Gasteiger charge is -2.22. The van der Waals surface area contributed by atoms with Gasteiger partial charge in [-0.25, -0.2) is 4.99 Å². The Labute approximate surface area is 146 Å². The molecule has 1 saturated heterocycles. The van der Waals surface area contributed by atoms with Crippen molar-refractivity contribution < 1.29 is 9.47 Å². The highest BCUT2D eigenvalue weighted by atomic mass is 16.5. The Morgan fingerprint density at radius 3 is 2.79 bits per heavy atom. The second kappa shape index (κ2) is 10.3. The van der Waals surface area contributed by atoms with Gasteiger partial charge in [0, 0.05) is 39.3 Å². The third kappa shape index (κ3) is 5.49. The zero-order valence-corrected chi connectivity index (χ0v) is 15.3. The second-order valence-corrected chi connectivity index (χ2v) is 6.13. The van der Waals surface area contributed by atoms with Gasteiger partial charge in [0.2, 0.25) is 0 Å². The van der Waals surface area contributed by atoms with Gasteiger partial charge < -0.3 is 19.7 Å². The van der Waals surface area contributed by atoms with Crippen LogP contribution in [0, 0.1) is 5.92 Å². The van der Waals surface area contributed by atoms with Crippen LogP contribution in [0.3, 0.4) is 0 Å². The molecule has 0 bridgehead atoms. The molecule has 5 heteroatoms. The molecule has 1 aliphatic rings. The van der Waals surface area contributed by atoms with Crippen LogP contribution in [-0.4, -0.2) is 50.8 Å². The number of likely N-dealkylation sites (tertiary alicyclic amines) is 1. The smallest absolute Gasteiger partial charge is 0.194 e. The molecule has 1 atom stereocenters. The molecule has 1 aromatic rings. The molecule has 2 rings (SSSR count). The molecular formula is C19H31N3O2. The molecule has 5 nitrogen and oxygen atoms in total. The van der Waals surface area contributed by atoms with Crippen LogP contribution in [0.15, 0.2) is 29.3 Å². The summed E-state index contributed by atoms with van der Waals surface area (Å²) in [5.74, 6) is 1.60. The van der Waals surface area contributed by atoms with Crippen LogP contribution >= 0.6 is 0 Å². The van der Waals surface area contributed by atoms with Gasteiger partial charge in [-0.1, -0.05) is 24.3 Å². The first-order chi connectivity index (χ1) is 11.8. The minimum absolute atomic E-state index is 0.601. The predicted molar refractivity (Wildman–Crippen MR) is 98.1 cm³/mol. The first-order valence-electron chi connectivity index (χ1n) is 8.95. The summed E-state index contributed by atoms with van der Waals surface area (Å²) in [5, 5.41) is 3.42.